The lowest BCUT2D eigenvalue weighted by Crippen LogP contribution is -2.18. The normalized spacial score (nSPS) is 11.6. The molecule has 0 amide bonds. The Kier molecular flexibility index (Phi) is 5.64. The molecule has 0 unspecified atom stereocenters. The van der Waals surface area contributed by atoms with E-state index in [1.807, 2.05) is 30.3 Å². The van der Waals surface area contributed by atoms with Gasteiger partial charge in [-0.1, -0.05) is 36.4 Å². The first-order chi connectivity index (χ1) is 8.63. The third kappa shape index (κ3) is 4.82. The van der Waals surface area contributed by atoms with Crippen molar-refractivity contribution in [2.45, 2.75) is 19.4 Å². The lowest BCUT2D eigenvalue weighted by atomic mass is 10.0. The lowest BCUT2D eigenvalue weighted by molar-refractivity contribution is -0.152. The Morgan fingerprint density at radius 3 is 2.56 bits per heavy atom. The van der Waals surface area contributed by atoms with Gasteiger partial charge in [-0.2, -0.15) is 0 Å². The van der Waals surface area contributed by atoms with Crippen LogP contribution >= 0.6 is 0 Å². The quantitative estimate of drug-likeness (QED) is 0.594. The number of hydrogen-bond acceptors (Lipinski definition) is 3. The number of hydrogen-bond donors (Lipinski definition) is 1. The maximum absolute atomic E-state index is 11.5. The molecule has 0 heterocycles. The Morgan fingerprint density at radius 1 is 1.33 bits per heavy atom. The number of allylic oxidation sites excluding steroid dienone is 1. The van der Waals surface area contributed by atoms with Crippen molar-refractivity contribution in [3.05, 3.63) is 48.6 Å². The smallest absolute Gasteiger partial charge is 0.307 e. The summed E-state index contributed by atoms with van der Waals surface area (Å²) in [5.74, 6) is -2.27. The van der Waals surface area contributed by atoms with Gasteiger partial charge in [0.05, 0.1) is 12.3 Å². The van der Waals surface area contributed by atoms with E-state index in [-0.39, 0.29) is 19.4 Å². The molecule has 1 atom stereocenters. The topological polar surface area (TPSA) is 63.6 Å². The zero-order valence-corrected chi connectivity index (χ0v) is 10.0. The molecule has 0 aliphatic carbocycles. The fourth-order valence-electron chi connectivity index (χ4n) is 1.47. The first-order valence-electron chi connectivity index (χ1n) is 5.66. The number of carboxylic acid groups (broad SMARTS) is 1. The van der Waals surface area contributed by atoms with Crippen molar-refractivity contribution >= 4 is 11.9 Å². The number of ether oxygens (including phenoxy) is 1. The highest BCUT2D eigenvalue weighted by Gasteiger charge is 2.20. The number of carboxylic acids is 1. The van der Waals surface area contributed by atoms with Gasteiger partial charge in [0.15, 0.2) is 0 Å². The summed E-state index contributed by atoms with van der Waals surface area (Å²) in [4.78, 5) is 22.3. The lowest BCUT2D eigenvalue weighted by Gasteiger charge is -2.09. The summed E-state index contributed by atoms with van der Waals surface area (Å²) in [6, 6.07) is 9.25. The first-order valence-corrected chi connectivity index (χ1v) is 5.66. The van der Waals surface area contributed by atoms with Crippen molar-refractivity contribution in [3.8, 4) is 0 Å². The summed E-state index contributed by atoms with van der Waals surface area (Å²) in [5, 5.41) is 8.88. The van der Waals surface area contributed by atoms with Crippen molar-refractivity contribution in [3.63, 3.8) is 0 Å². The Labute approximate surface area is 106 Å². The van der Waals surface area contributed by atoms with E-state index < -0.39 is 17.9 Å². The largest absolute Gasteiger partial charge is 0.481 e. The zero-order chi connectivity index (χ0) is 13.4. The predicted octanol–water partition coefficient (Wildman–Crippen LogP) is 2.40. The second-order valence-corrected chi connectivity index (χ2v) is 3.91. The average Bonchev–Trinajstić information content (AvgIpc) is 2.37. The van der Waals surface area contributed by atoms with Gasteiger partial charge in [0.25, 0.3) is 0 Å². The van der Waals surface area contributed by atoms with Crippen molar-refractivity contribution in [1.29, 1.82) is 0 Å². The van der Waals surface area contributed by atoms with Crippen LogP contribution in [-0.2, 0) is 20.9 Å². The number of esters is 1. The molecule has 1 aromatic rings. The average molecular weight is 248 g/mol. The minimum atomic E-state index is -1.01. The van der Waals surface area contributed by atoms with Crippen LogP contribution in [0, 0.1) is 5.92 Å². The van der Waals surface area contributed by atoms with Crippen LogP contribution in [0.25, 0.3) is 0 Å². The molecule has 0 saturated carbocycles. The summed E-state index contributed by atoms with van der Waals surface area (Å²) in [5.41, 5.74) is 0.876. The summed E-state index contributed by atoms with van der Waals surface area (Å²) in [6.45, 7) is 3.64. The van der Waals surface area contributed by atoms with Crippen LogP contribution in [0.5, 0.6) is 0 Å². The SMILES string of the molecule is C=CC[C@@H](CC(=O)OCc1ccccc1)C(=O)O. The summed E-state index contributed by atoms with van der Waals surface area (Å²) >= 11 is 0. The van der Waals surface area contributed by atoms with Gasteiger partial charge in [-0.05, 0) is 12.0 Å². The molecule has 1 aromatic carbocycles. The second-order valence-electron chi connectivity index (χ2n) is 3.91. The van der Waals surface area contributed by atoms with Gasteiger partial charge < -0.3 is 9.84 Å². The van der Waals surface area contributed by atoms with Crippen LogP contribution < -0.4 is 0 Å². The molecular weight excluding hydrogens is 232 g/mol. The molecule has 96 valence electrons. The fourth-order valence-corrected chi connectivity index (χ4v) is 1.47. The molecular formula is C14H16O4. The van der Waals surface area contributed by atoms with Crippen LogP contribution in [-0.4, -0.2) is 17.0 Å². The Bertz CT molecular complexity index is 411. The number of carbonyl (C=O) groups excluding carboxylic acids is 1. The van der Waals surface area contributed by atoms with E-state index >= 15 is 0 Å². The third-order valence-corrected chi connectivity index (χ3v) is 2.46. The Hall–Kier alpha value is -2.10. The second kappa shape index (κ2) is 7.27. The van der Waals surface area contributed by atoms with E-state index in [0.717, 1.165) is 5.56 Å². The van der Waals surface area contributed by atoms with Crippen molar-refractivity contribution in [2.75, 3.05) is 0 Å². The molecule has 0 aliphatic heterocycles. The minimum absolute atomic E-state index is 0.131. The highest BCUT2D eigenvalue weighted by atomic mass is 16.5. The molecule has 0 fully saturated rings. The number of aliphatic carboxylic acids is 1. The molecule has 1 N–H and O–H groups in total. The van der Waals surface area contributed by atoms with Gasteiger partial charge in [-0.15, -0.1) is 6.58 Å². The highest BCUT2D eigenvalue weighted by Crippen LogP contribution is 2.11. The van der Waals surface area contributed by atoms with Crippen LogP contribution in [0.2, 0.25) is 0 Å². The number of rotatable bonds is 7. The Morgan fingerprint density at radius 2 is 2.00 bits per heavy atom. The van der Waals surface area contributed by atoms with Gasteiger partial charge in [-0.3, -0.25) is 9.59 Å². The van der Waals surface area contributed by atoms with Crippen molar-refractivity contribution < 1.29 is 19.4 Å². The number of benzene rings is 1. The molecule has 0 saturated heterocycles. The van der Waals surface area contributed by atoms with E-state index in [0.29, 0.717) is 0 Å². The van der Waals surface area contributed by atoms with Gasteiger partial charge in [0.2, 0.25) is 0 Å². The molecule has 1 rings (SSSR count). The van der Waals surface area contributed by atoms with Gasteiger partial charge in [0.1, 0.15) is 6.61 Å². The molecule has 0 aromatic heterocycles. The van der Waals surface area contributed by atoms with Gasteiger partial charge in [-0.25, -0.2) is 0 Å². The Balaban J connectivity index is 2.41. The zero-order valence-electron chi connectivity index (χ0n) is 10.0. The van der Waals surface area contributed by atoms with Crippen LogP contribution in [0.3, 0.4) is 0 Å². The maximum Gasteiger partial charge on any atom is 0.307 e. The van der Waals surface area contributed by atoms with E-state index in [4.69, 9.17) is 9.84 Å². The fraction of sp³-hybridized carbons (Fsp3) is 0.286. The minimum Gasteiger partial charge on any atom is -0.481 e. The van der Waals surface area contributed by atoms with Gasteiger partial charge >= 0.3 is 11.9 Å². The van der Waals surface area contributed by atoms with Crippen LogP contribution in [0.15, 0.2) is 43.0 Å². The monoisotopic (exact) mass is 248 g/mol. The third-order valence-electron chi connectivity index (χ3n) is 2.46. The summed E-state index contributed by atoms with van der Waals surface area (Å²) < 4.78 is 5.02. The van der Waals surface area contributed by atoms with E-state index in [2.05, 4.69) is 6.58 Å². The highest BCUT2D eigenvalue weighted by molar-refractivity contribution is 5.78. The first kappa shape index (κ1) is 14.0. The van der Waals surface area contributed by atoms with E-state index in [9.17, 15) is 9.59 Å². The van der Waals surface area contributed by atoms with Crippen molar-refractivity contribution in [2.24, 2.45) is 5.92 Å². The molecule has 4 nitrogen and oxygen atoms in total. The molecule has 0 radical (unpaired) electrons. The van der Waals surface area contributed by atoms with E-state index in [1.54, 1.807) is 0 Å². The standard InChI is InChI=1S/C14H16O4/c1-2-6-12(14(16)17)9-13(15)18-10-11-7-4-3-5-8-11/h2-5,7-8,12H,1,6,9-10H2,(H,16,17)/t12-/m0/s1. The molecule has 18 heavy (non-hydrogen) atoms. The predicted molar refractivity (Wildman–Crippen MR) is 66.8 cm³/mol. The molecule has 0 spiro atoms. The summed E-state index contributed by atoms with van der Waals surface area (Å²) in [6.07, 6.45) is 1.62. The van der Waals surface area contributed by atoms with Crippen LogP contribution in [0.4, 0.5) is 0 Å². The maximum atomic E-state index is 11.5. The van der Waals surface area contributed by atoms with E-state index in [1.165, 1.54) is 6.08 Å². The summed E-state index contributed by atoms with van der Waals surface area (Å²) in [7, 11) is 0. The van der Waals surface area contributed by atoms with Crippen LogP contribution in [0.1, 0.15) is 18.4 Å². The molecule has 0 aliphatic rings. The molecule has 0 bridgehead atoms. The number of carbonyl (C=O) groups is 2. The van der Waals surface area contributed by atoms with Gasteiger partial charge in [0, 0.05) is 0 Å². The molecule has 4 heteroatoms. The van der Waals surface area contributed by atoms with Crippen molar-refractivity contribution in [1.82, 2.24) is 0 Å².